The quantitative estimate of drug-likeness (QED) is 0.780. The maximum Gasteiger partial charge on any atom is 0.319 e. The Morgan fingerprint density at radius 2 is 2.29 bits per heavy atom. The van der Waals surface area contributed by atoms with Crippen molar-refractivity contribution in [3.8, 4) is 0 Å². The van der Waals surface area contributed by atoms with E-state index in [1.807, 2.05) is 31.3 Å². The maximum absolute atomic E-state index is 12.1. The zero-order valence-electron chi connectivity index (χ0n) is 11.7. The van der Waals surface area contributed by atoms with Crippen molar-refractivity contribution in [3.63, 3.8) is 0 Å². The van der Waals surface area contributed by atoms with Crippen LogP contribution in [0, 0.1) is 6.92 Å². The Morgan fingerprint density at radius 1 is 1.43 bits per heavy atom. The molecule has 1 atom stereocenters. The fraction of sp³-hybridized carbons (Fsp3) is 0.333. The van der Waals surface area contributed by atoms with E-state index in [0.717, 1.165) is 40.7 Å². The lowest BCUT2D eigenvalue weighted by molar-refractivity contribution is 0.247. The monoisotopic (exact) mass is 348 g/mol. The first kappa shape index (κ1) is 14.1. The number of hydrogen-bond donors (Lipinski definition) is 3. The van der Waals surface area contributed by atoms with E-state index in [1.54, 1.807) is 0 Å². The highest BCUT2D eigenvalue weighted by Gasteiger charge is 2.21. The molecule has 1 aromatic heterocycles. The van der Waals surface area contributed by atoms with Gasteiger partial charge in [-0.2, -0.15) is 5.10 Å². The summed E-state index contributed by atoms with van der Waals surface area (Å²) in [5.41, 5.74) is 4.28. The van der Waals surface area contributed by atoms with Crippen LogP contribution in [0.25, 0.3) is 0 Å². The number of rotatable bonds is 2. The van der Waals surface area contributed by atoms with Crippen LogP contribution in [0.2, 0.25) is 0 Å². The van der Waals surface area contributed by atoms with Crippen LogP contribution in [0.5, 0.6) is 0 Å². The van der Waals surface area contributed by atoms with E-state index in [4.69, 9.17) is 0 Å². The normalized spacial score (nSPS) is 17.1. The molecule has 6 heteroatoms. The van der Waals surface area contributed by atoms with E-state index < -0.39 is 0 Å². The molecule has 1 aromatic carbocycles. The maximum atomic E-state index is 12.1. The summed E-state index contributed by atoms with van der Waals surface area (Å²) in [4.78, 5) is 12.1. The lowest BCUT2D eigenvalue weighted by atomic mass is 9.94. The van der Waals surface area contributed by atoms with Gasteiger partial charge in [0.15, 0.2) is 0 Å². The number of benzene rings is 1. The Hall–Kier alpha value is -1.82. The van der Waals surface area contributed by atoms with Crippen molar-refractivity contribution in [3.05, 3.63) is 45.7 Å². The number of nitrogens with zero attached hydrogens (tertiary/aromatic N) is 1. The van der Waals surface area contributed by atoms with Gasteiger partial charge in [0, 0.05) is 28.3 Å². The molecule has 5 nitrogen and oxygen atoms in total. The van der Waals surface area contributed by atoms with Crippen molar-refractivity contribution in [2.75, 3.05) is 5.32 Å². The molecule has 0 fully saturated rings. The van der Waals surface area contributed by atoms with Gasteiger partial charge in [0.25, 0.3) is 0 Å². The molecule has 0 saturated heterocycles. The summed E-state index contributed by atoms with van der Waals surface area (Å²) < 4.78 is 0.956. The molecule has 0 bridgehead atoms. The molecule has 0 spiro atoms. The van der Waals surface area contributed by atoms with E-state index in [2.05, 4.69) is 36.8 Å². The van der Waals surface area contributed by atoms with Crippen LogP contribution in [0.15, 0.2) is 28.9 Å². The predicted octanol–water partition coefficient (Wildman–Crippen LogP) is 3.16. The lowest BCUT2D eigenvalue weighted by Crippen LogP contribution is -2.41. The number of fused-ring (bicyclic) bond motifs is 1. The number of amides is 2. The first-order chi connectivity index (χ1) is 10.1. The van der Waals surface area contributed by atoms with Crippen LogP contribution in [-0.2, 0) is 12.8 Å². The molecule has 21 heavy (non-hydrogen) atoms. The van der Waals surface area contributed by atoms with Crippen LogP contribution >= 0.6 is 15.9 Å². The lowest BCUT2D eigenvalue weighted by Gasteiger charge is -2.23. The van der Waals surface area contributed by atoms with E-state index in [1.165, 1.54) is 5.56 Å². The number of urea groups is 1. The largest absolute Gasteiger partial charge is 0.335 e. The number of H-pyrrole nitrogens is 1. The van der Waals surface area contributed by atoms with Gasteiger partial charge in [-0.25, -0.2) is 4.79 Å². The molecule has 3 N–H and O–H groups in total. The molecule has 2 amide bonds. The molecule has 0 aliphatic heterocycles. The average molecular weight is 349 g/mol. The molecule has 0 radical (unpaired) electrons. The standard InChI is InChI=1S/C15H17BrN4O/c1-9-4-11(16)6-13(5-9)19-15(21)18-12-3-2-10-8-17-20-14(10)7-12/h4-6,8,12H,2-3,7H2,1H3,(H,17,20)(H2,18,19,21)/t12-/m0/s1. The SMILES string of the molecule is Cc1cc(Br)cc(NC(=O)N[C@H]2CCc3cn[nH]c3C2)c1. The first-order valence-corrected chi connectivity index (χ1v) is 7.75. The van der Waals surface area contributed by atoms with Crippen LogP contribution in [0.3, 0.4) is 0 Å². The van der Waals surface area contributed by atoms with Crippen molar-refractivity contribution < 1.29 is 4.79 Å². The highest BCUT2D eigenvalue weighted by Crippen LogP contribution is 2.20. The molecule has 2 aromatic rings. The van der Waals surface area contributed by atoms with Gasteiger partial charge >= 0.3 is 6.03 Å². The highest BCUT2D eigenvalue weighted by atomic mass is 79.9. The molecule has 110 valence electrons. The number of aryl methyl sites for hydroxylation is 2. The number of nitrogens with one attached hydrogen (secondary N) is 3. The second kappa shape index (κ2) is 5.89. The molecular weight excluding hydrogens is 332 g/mol. The first-order valence-electron chi connectivity index (χ1n) is 6.96. The Kier molecular flexibility index (Phi) is 3.96. The molecular formula is C15H17BrN4O. The Balaban J connectivity index is 1.60. The Morgan fingerprint density at radius 3 is 3.10 bits per heavy atom. The summed E-state index contributed by atoms with van der Waals surface area (Å²) in [6.07, 6.45) is 4.57. The number of anilines is 1. The summed E-state index contributed by atoms with van der Waals surface area (Å²) in [5, 5.41) is 13.0. The predicted molar refractivity (Wildman–Crippen MR) is 85.4 cm³/mol. The topological polar surface area (TPSA) is 69.8 Å². The van der Waals surface area contributed by atoms with E-state index in [9.17, 15) is 4.79 Å². The van der Waals surface area contributed by atoms with Crippen LogP contribution in [-0.4, -0.2) is 22.3 Å². The minimum absolute atomic E-state index is 0.145. The third-order valence-corrected chi connectivity index (χ3v) is 4.11. The minimum atomic E-state index is -0.166. The molecule has 0 saturated carbocycles. The summed E-state index contributed by atoms with van der Waals surface area (Å²) in [5.74, 6) is 0. The number of halogens is 1. The van der Waals surface area contributed by atoms with Gasteiger partial charge in [0.2, 0.25) is 0 Å². The summed E-state index contributed by atoms with van der Waals surface area (Å²) in [7, 11) is 0. The smallest absolute Gasteiger partial charge is 0.319 e. The van der Waals surface area contributed by atoms with Crippen LogP contribution in [0.4, 0.5) is 10.5 Å². The van der Waals surface area contributed by atoms with Gasteiger partial charge in [-0.3, -0.25) is 5.10 Å². The zero-order chi connectivity index (χ0) is 14.8. The average Bonchev–Trinajstić information content (AvgIpc) is 2.84. The summed E-state index contributed by atoms with van der Waals surface area (Å²) in [6, 6.07) is 5.81. The molecule has 1 heterocycles. The van der Waals surface area contributed by atoms with Crippen molar-refractivity contribution >= 4 is 27.6 Å². The molecule has 3 rings (SSSR count). The second-order valence-electron chi connectivity index (χ2n) is 5.43. The van der Waals surface area contributed by atoms with Gasteiger partial charge in [-0.1, -0.05) is 15.9 Å². The van der Waals surface area contributed by atoms with Gasteiger partial charge in [0.1, 0.15) is 0 Å². The molecule has 1 aliphatic rings. The third-order valence-electron chi connectivity index (χ3n) is 3.66. The van der Waals surface area contributed by atoms with Gasteiger partial charge < -0.3 is 10.6 Å². The zero-order valence-corrected chi connectivity index (χ0v) is 13.3. The number of carbonyl (C=O) groups is 1. The van der Waals surface area contributed by atoms with Gasteiger partial charge in [-0.15, -0.1) is 0 Å². The molecule has 1 aliphatic carbocycles. The molecule has 0 unspecified atom stereocenters. The van der Waals surface area contributed by atoms with Gasteiger partial charge in [-0.05, 0) is 49.1 Å². The second-order valence-corrected chi connectivity index (χ2v) is 6.34. The number of aromatic nitrogens is 2. The summed E-state index contributed by atoms with van der Waals surface area (Å²) in [6.45, 7) is 1.99. The Bertz CT molecular complexity index is 647. The van der Waals surface area contributed by atoms with Gasteiger partial charge in [0.05, 0.1) is 6.20 Å². The highest BCUT2D eigenvalue weighted by molar-refractivity contribution is 9.10. The van der Waals surface area contributed by atoms with Crippen molar-refractivity contribution in [1.29, 1.82) is 0 Å². The number of carbonyl (C=O) groups excluding carboxylic acids is 1. The fourth-order valence-corrected chi connectivity index (χ4v) is 3.30. The fourth-order valence-electron chi connectivity index (χ4n) is 2.69. The Labute approximate surface area is 131 Å². The summed E-state index contributed by atoms with van der Waals surface area (Å²) >= 11 is 3.43. The van der Waals surface area contributed by atoms with E-state index >= 15 is 0 Å². The number of hydrogen-bond acceptors (Lipinski definition) is 2. The third kappa shape index (κ3) is 3.44. The number of aromatic amines is 1. The van der Waals surface area contributed by atoms with E-state index in [0.29, 0.717) is 0 Å². The minimum Gasteiger partial charge on any atom is -0.335 e. The van der Waals surface area contributed by atoms with Crippen molar-refractivity contribution in [2.45, 2.75) is 32.2 Å². The van der Waals surface area contributed by atoms with E-state index in [-0.39, 0.29) is 12.1 Å². The van der Waals surface area contributed by atoms with Crippen LogP contribution < -0.4 is 10.6 Å². The van der Waals surface area contributed by atoms with Crippen LogP contribution in [0.1, 0.15) is 23.2 Å². The van der Waals surface area contributed by atoms with Crippen molar-refractivity contribution in [2.24, 2.45) is 0 Å². The van der Waals surface area contributed by atoms with Crippen molar-refractivity contribution in [1.82, 2.24) is 15.5 Å².